The topological polar surface area (TPSA) is 38.9 Å². The van der Waals surface area contributed by atoms with E-state index in [0.717, 1.165) is 16.6 Å². The highest BCUT2D eigenvalue weighted by molar-refractivity contribution is 7.11. The van der Waals surface area contributed by atoms with Gasteiger partial charge in [0.15, 0.2) is 0 Å². The molecule has 1 aromatic carbocycles. The molecule has 0 fully saturated rings. The summed E-state index contributed by atoms with van der Waals surface area (Å²) in [5.74, 6) is 0. The van der Waals surface area contributed by atoms with Gasteiger partial charge in [0.1, 0.15) is 5.01 Å². The molecule has 1 atom stereocenters. The van der Waals surface area contributed by atoms with Gasteiger partial charge in [0, 0.05) is 4.88 Å². The molecular formula is C13H13F3N2S. The van der Waals surface area contributed by atoms with E-state index in [-0.39, 0.29) is 5.56 Å². The summed E-state index contributed by atoms with van der Waals surface area (Å²) in [5.41, 5.74) is 6.11. The normalized spacial score (nSPS) is 13.6. The van der Waals surface area contributed by atoms with Crippen molar-refractivity contribution in [3.8, 4) is 0 Å². The molecule has 0 saturated heterocycles. The summed E-state index contributed by atoms with van der Waals surface area (Å²) in [6, 6.07) is 4.51. The summed E-state index contributed by atoms with van der Waals surface area (Å²) in [4.78, 5) is 5.20. The predicted molar refractivity (Wildman–Crippen MR) is 69.1 cm³/mol. The summed E-state index contributed by atoms with van der Waals surface area (Å²) >= 11 is 1.33. The second-order valence-electron chi connectivity index (χ2n) is 4.26. The number of rotatable bonds is 2. The van der Waals surface area contributed by atoms with Gasteiger partial charge in [0.2, 0.25) is 0 Å². The molecule has 0 aliphatic carbocycles. The highest BCUT2D eigenvalue weighted by Gasteiger charge is 2.35. The zero-order chi connectivity index (χ0) is 14.2. The lowest BCUT2D eigenvalue weighted by molar-refractivity contribution is -0.138. The summed E-state index contributed by atoms with van der Waals surface area (Å²) < 4.78 is 38.8. The lowest BCUT2D eigenvalue weighted by atomic mass is 10.0. The first-order valence-electron chi connectivity index (χ1n) is 5.66. The van der Waals surface area contributed by atoms with Gasteiger partial charge in [-0.15, -0.1) is 11.3 Å². The second-order valence-corrected chi connectivity index (χ2v) is 5.49. The van der Waals surface area contributed by atoms with Crippen LogP contribution in [0.5, 0.6) is 0 Å². The molecule has 0 bridgehead atoms. The van der Waals surface area contributed by atoms with E-state index in [0.29, 0.717) is 5.01 Å². The van der Waals surface area contributed by atoms with Crippen LogP contribution in [-0.2, 0) is 6.18 Å². The van der Waals surface area contributed by atoms with Crippen molar-refractivity contribution in [3.05, 3.63) is 51.0 Å². The smallest absolute Gasteiger partial charge is 0.318 e. The maximum absolute atomic E-state index is 12.9. The minimum absolute atomic E-state index is 0.0590. The molecule has 0 aliphatic rings. The molecule has 0 spiro atoms. The van der Waals surface area contributed by atoms with Crippen molar-refractivity contribution in [1.82, 2.24) is 4.98 Å². The van der Waals surface area contributed by atoms with Crippen LogP contribution in [-0.4, -0.2) is 4.98 Å². The molecule has 19 heavy (non-hydrogen) atoms. The summed E-state index contributed by atoms with van der Waals surface area (Å²) in [5, 5.41) is 0.506. The van der Waals surface area contributed by atoms with Gasteiger partial charge in [0.05, 0.1) is 17.3 Å². The number of aromatic nitrogens is 1. The Labute approximate surface area is 113 Å². The Kier molecular flexibility index (Phi) is 3.64. The molecule has 0 amide bonds. The molecule has 0 radical (unpaired) electrons. The van der Waals surface area contributed by atoms with Gasteiger partial charge < -0.3 is 5.73 Å². The van der Waals surface area contributed by atoms with Gasteiger partial charge in [-0.25, -0.2) is 4.98 Å². The molecule has 2 nitrogen and oxygen atoms in total. The van der Waals surface area contributed by atoms with Crippen molar-refractivity contribution < 1.29 is 13.2 Å². The molecule has 0 saturated carbocycles. The number of hydrogen-bond acceptors (Lipinski definition) is 3. The fraction of sp³-hybridized carbons (Fsp3) is 0.308. The fourth-order valence-corrected chi connectivity index (χ4v) is 2.73. The fourth-order valence-electron chi connectivity index (χ4n) is 1.79. The molecule has 1 unspecified atom stereocenters. The molecule has 2 rings (SSSR count). The Morgan fingerprint density at radius 1 is 1.21 bits per heavy atom. The van der Waals surface area contributed by atoms with Crippen LogP contribution in [0.2, 0.25) is 0 Å². The van der Waals surface area contributed by atoms with Crippen LogP contribution in [0.1, 0.15) is 32.7 Å². The van der Waals surface area contributed by atoms with E-state index in [1.807, 2.05) is 13.8 Å². The highest BCUT2D eigenvalue weighted by Crippen LogP contribution is 2.36. The zero-order valence-corrected chi connectivity index (χ0v) is 11.3. The Morgan fingerprint density at radius 2 is 1.84 bits per heavy atom. The van der Waals surface area contributed by atoms with Crippen molar-refractivity contribution in [1.29, 1.82) is 0 Å². The van der Waals surface area contributed by atoms with E-state index in [9.17, 15) is 13.2 Å². The Balaban J connectivity index is 2.47. The zero-order valence-electron chi connectivity index (χ0n) is 10.5. The minimum Gasteiger partial charge on any atom is -0.318 e. The molecule has 1 heterocycles. The third kappa shape index (κ3) is 2.79. The monoisotopic (exact) mass is 286 g/mol. The van der Waals surface area contributed by atoms with Crippen LogP contribution in [0.3, 0.4) is 0 Å². The van der Waals surface area contributed by atoms with Crippen molar-refractivity contribution in [2.45, 2.75) is 26.1 Å². The first kappa shape index (κ1) is 14.0. The number of nitrogens with two attached hydrogens (primary N) is 1. The number of benzene rings is 1. The van der Waals surface area contributed by atoms with Gasteiger partial charge in [-0.3, -0.25) is 0 Å². The molecular weight excluding hydrogens is 273 g/mol. The molecule has 102 valence electrons. The summed E-state index contributed by atoms with van der Waals surface area (Å²) in [7, 11) is 0. The van der Waals surface area contributed by atoms with Crippen LogP contribution >= 0.6 is 11.3 Å². The Morgan fingerprint density at radius 3 is 2.37 bits per heavy atom. The predicted octanol–water partition coefficient (Wildman–Crippen LogP) is 3.83. The van der Waals surface area contributed by atoms with Crippen LogP contribution in [0.25, 0.3) is 0 Å². The van der Waals surface area contributed by atoms with E-state index < -0.39 is 17.8 Å². The lowest BCUT2D eigenvalue weighted by Crippen LogP contribution is -2.18. The SMILES string of the molecule is Cc1nc(C(N)c2ccccc2C(F)(F)F)sc1C. The number of aryl methyl sites for hydroxylation is 2. The molecule has 6 heteroatoms. The van der Waals surface area contributed by atoms with Crippen molar-refractivity contribution in [2.24, 2.45) is 5.73 Å². The van der Waals surface area contributed by atoms with Gasteiger partial charge in [-0.2, -0.15) is 13.2 Å². The Hall–Kier alpha value is -1.40. The van der Waals surface area contributed by atoms with Crippen LogP contribution < -0.4 is 5.73 Å². The summed E-state index contributed by atoms with van der Waals surface area (Å²) in [6.45, 7) is 3.69. The molecule has 1 aromatic heterocycles. The van der Waals surface area contributed by atoms with Gasteiger partial charge in [-0.05, 0) is 25.5 Å². The quantitative estimate of drug-likeness (QED) is 0.911. The van der Waals surface area contributed by atoms with E-state index in [2.05, 4.69) is 4.98 Å². The third-order valence-electron chi connectivity index (χ3n) is 2.91. The molecule has 0 aliphatic heterocycles. The van der Waals surface area contributed by atoms with Gasteiger partial charge in [0.25, 0.3) is 0 Å². The van der Waals surface area contributed by atoms with Crippen molar-refractivity contribution >= 4 is 11.3 Å². The van der Waals surface area contributed by atoms with Crippen LogP contribution in [0, 0.1) is 13.8 Å². The first-order chi connectivity index (χ1) is 8.80. The molecule has 2 aromatic rings. The average molecular weight is 286 g/mol. The largest absolute Gasteiger partial charge is 0.416 e. The Bertz CT molecular complexity index is 570. The van der Waals surface area contributed by atoms with Crippen LogP contribution in [0.4, 0.5) is 13.2 Å². The van der Waals surface area contributed by atoms with E-state index in [4.69, 9.17) is 5.73 Å². The average Bonchev–Trinajstić information content (AvgIpc) is 2.68. The first-order valence-corrected chi connectivity index (χ1v) is 6.48. The standard InChI is InChI=1S/C13H13F3N2S/c1-7-8(2)19-12(18-7)11(17)9-5-3-4-6-10(9)13(14,15)16/h3-6,11H,17H2,1-2H3. The number of hydrogen-bond donors (Lipinski definition) is 1. The van der Waals surface area contributed by atoms with Gasteiger partial charge >= 0.3 is 6.18 Å². The van der Waals surface area contributed by atoms with Gasteiger partial charge in [-0.1, -0.05) is 18.2 Å². The number of alkyl halides is 3. The lowest BCUT2D eigenvalue weighted by Gasteiger charge is -2.16. The number of nitrogens with zero attached hydrogens (tertiary/aromatic N) is 1. The van der Waals surface area contributed by atoms with E-state index in [1.165, 1.54) is 23.5 Å². The number of thiazole rings is 1. The minimum atomic E-state index is -4.41. The summed E-state index contributed by atoms with van der Waals surface area (Å²) in [6.07, 6.45) is -4.41. The van der Waals surface area contributed by atoms with Crippen molar-refractivity contribution in [3.63, 3.8) is 0 Å². The maximum Gasteiger partial charge on any atom is 0.416 e. The molecule has 2 N–H and O–H groups in total. The van der Waals surface area contributed by atoms with Crippen LogP contribution in [0.15, 0.2) is 24.3 Å². The maximum atomic E-state index is 12.9. The second kappa shape index (κ2) is 4.94. The number of halogens is 3. The van der Waals surface area contributed by atoms with E-state index >= 15 is 0 Å². The van der Waals surface area contributed by atoms with Crippen molar-refractivity contribution in [2.75, 3.05) is 0 Å². The van der Waals surface area contributed by atoms with E-state index in [1.54, 1.807) is 6.07 Å². The highest BCUT2D eigenvalue weighted by atomic mass is 32.1. The third-order valence-corrected chi connectivity index (χ3v) is 4.07.